The third kappa shape index (κ3) is 4.52. The fourth-order valence-electron chi connectivity index (χ4n) is 2.78. The van der Waals surface area contributed by atoms with Crippen LogP contribution in [-0.4, -0.2) is 33.4 Å². The van der Waals surface area contributed by atoms with Crippen LogP contribution in [0.25, 0.3) is 16.8 Å². The van der Waals surface area contributed by atoms with Crippen molar-refractivity contribution in [3.8, 4) is 17.0 Å². The van der Waals surface area contributed by atoms with Gasteiger partial charge in [-0.3, -0.25) is 4.79 Å². The van der Waals surface area contributed by atoms with E-state index in [2.05, 4.69) is 15.4 Å². The Hall–Kier alpha value is -3.03. The van der Waals surface area contributed by atoms with E-state index in [4.69, 9.17) is 16.3 Å². The topological polar surface area (TPSA) is 68.5 Å². The molecular formula is C21H17ClN4O2S. The number of ether oxygens (including phenoxy) is 1. The van der Waals surface area contributed by atoms with Crippen molar-refractivity contribution in [2.75, 3.05) is 18.2 Å². The summed E-state index contributed by atoms with van der Waals surface area (Å²) in [5.74, 6) is 0.868. The summed E-state index contributed by atoms with van der Waals surface area (Å²) in [6.07, 6.45) is 3.46. The number of aromatic nitrogens is 3. The molecule has 8 heteroatoms. The van der Waals surface area contributed by atoms with Gasteiger partial charge in [-0.25, -0.2) is 9.50 Å². The van der Waals surface area contributed by atoms with Crippen molar-refractivity contribution in [3.05, 3.63) is 72.0 Å². The first kappa shape index (κ1) is 19.3. The molecule has 0 aliphatic carbocycles. The molecule has 29 heavy (non-hydrogen) atoms. The monoisotopic (exact) mass is 424 g/mol. The van der Waals surface area contributed by atoms with Crippen molar-refractivity contribution in [1.29, 1.82) is 0 Å². The molecule has 0 saturated heterocycles. The number of carbonyl (C=O) groups excluding carboxylic acids is 1. The molecule has 2 aromatic heterocycles. The molecule has 146 valence electrons. The van der Waals surface area contributed by atoms with Crippen LogP contribution in [0, 0.1) is 0 Å². The van der Waals surface area contributed by atoms with Gasteiger partial charge in [-0.1, -0.05) is 35.5 Å². The third-order valence-corrected chi connectivity index (χ3v) is 5.45. The zero-order chi connectivity index (χ0) is 20.2. The van der Waals surface area contributed by atoms with E-state index >= 15 is 0 Å². The Kier molecular flexibility index (Phi) is 5.69. The van der Waals surface area contributed by atoms with Gasteiger partial charge in [-0.05, 0) is 42.5 Å². The summed E-state index contributed by atoms with van der Waals surface area (Å²) < 4.78 is 6.88. The molecule has 1 N–H and O–H groups in total. The molecule has 0 atom stereocenters. The third-order valence-electron chi connectivity index (χ3n) is 4.21. The first-order valence-corrected chi connectivity index (χ1v) is 10.2. The van der Waals surface area contributed by atoms with Gasteiger partial charge in [0.2, 0.25) is 5.91 Å². The normalized spacial score (nSPS) is 10.8. The average molecular weight is 425 g/mol. The maximum absolute atomic E-state index is 12.3. The highest BCUT2D eigenvalue weighted by molar-refractivity contribution is 8.00. The molecule has 4 rings (SSSR count). The molecule has 2 heterocycles. The van der Waals surface area contributed by atoms with Crippen LogP contribution in [0.15, 0.2) is 72.0 Å². The molecule has 4 aromatic rings. The Bertz CT molecular complexity index is 1140. The molecule has 0 spiro atoms. The Morgan fingerprint density at radius 2 is 1.93 bits per heavy atom. The van der Waals surface area contributed by atoms with Crippen LogP contribution in [0.1, 0.15) is 0 Å². The van der Waals surface area contributed by atoms with Crippen molar-refractivity contribution in [2.45, 2.75) is 5.03 Å². The van der Waals surface area contributed by atoms with Crippen molar-refractivity contribution in [2.24, 2.45) is 0 Å². The van der Waals surface area contributed by atoms with Gasteiger partial charge in [0.15, 0.2) is 0 Å². The van der Waals surface area contributed by atoms with Gasteiger partial charge in [0.25, 0.3) is 0 Å². The molecule has 6 nitrogen and oxygen atoms in total. The van der Waals surface area contributed by atoms with Crippen molar-refractivity contribution >= 4 is 40.5 Å². The summed E-state index contributed by atoms with van der Waals surface area (Å²) in [6, 6.07) is 16.7. The van der Waals surface area contributed by atoms with E-state index in [1.807, 2.05) is 30.3 Å². The maximum Gasteiger partial charge on any atom is 0.234 e. The number of amides is 1. The average Bonchev–Trinajstić information content (AvgIpc) is 3.18. The van der Waals surface area contributed by atoms with Gasteiger partial charge in [-0.2, -0.15) is 5.10 Å². The predicted molar refractivity (Wildman–Crippen MR) is 116 cm³/mol. The number of halogens is 1. The van der Waals surface area contributed by atoms with Crippen LogP contribution in [0.2, 0.25) is 5.02 Å². The summed E-state index contributed by atoms with van der Waals surface area (Å²) in [6.45, 7) is 0. The lowest BCUT2D eigenvalue weighted by molar-refractivity contribution is -0.113. The summed E-state index contributed by atoms with van der Waals surface area (Å²) in [5, 5.41) is 8.88. The highest BCUT2D eigenvalue weighted by atomic mass is 35.5. The van der Waals surface area contributed by atoms with Crippen molar-refractivity contribution in [1.82, 2.24) is 14.6 Å². The highest BCUT2D eigenvalue weighted by Gasteiger charge is 2.12. The van der Waals surface area contributed by atoms with E-state index in [1.54, 1.807) is 48.3 Å². The van der Waals surface area contributed by atoms with E-state index in [0.29, 0.717) is 5.02 Å². The number of fused-ring (bicyclic) bond motifs is 1. The van der Waals surface area contributed by atoms with Gasteiger partial charge >= 0.3 is 0 Å². The molecule has 1 amide bonds. The predicted octanol–water partition coefficient (Wildman–Crippen LogP) is 4.79. The van der Waals surface area contributed by atoms with Gasteiger partial charge in [-0.15, -0.1) is 0 Å². The number of hydrogen-bond acceptors (Lipinski definition) is 5. The Morgan fingerprint density at radius 1 is 1.17 bits per heavy atom. The lowest BCUT2D eigenvalue weighted by Gasteiger charge is -2.06. The quantitative estimate of drug-likeness (QED) is 0.451. The minimum Gasteiger partial charge on any atom is -0.497 e. The number of nitrogens with zero attached hydrogens (tertiary/aromatic N) is 3. The van der Waals surface area contributed by atoms with E-state index in [1.165, 1.54) is 11.8 Å². The first-order valence-electron chi connectivity index (χ1n) is 8.79. The second-order valence-electron chi connectivity index (χ2n) is 6.16. The second-order valence-corrected chi connectivity index (χ2v) is 7.56. The Labute approximate surface area is 176 Å². The second kappa shape index (κ2) is 8.55. The van der Waals surface area contributed by atoms with E-state index in [-0.39, 0.29) is 11.7 Å². The van der Waals surface area contributed by atoms with Crippen molar-refractivity contribution in [3.63, 3.8) is 0 Å². The number of methoxy groups -OCH3 is 1. The van der Waals surface area contributed by atoms with E-state index in [0.717, 1.165) is 33.2 Å². The number of anilines is 1. The standard InChI is InChI=1S/C21H17ClN4O2S/c1-28-17-8-6-16(7-9-17)24-20(27)13-29-21-19-12-18(25-26(19)11-10-23-21)14-2-4-15(22)5-3-14/h2-12H,13H2,1H3,(H,24,27). The van der Waals surface area contributed by atoms with E-state index < -0.39 is 0 Å². The molecule has 0 fully saturated rings. The van der Waals surface area contributed by atoms with Gasteiger partial charge in [0.1, 0.15) is 10.8 Å². The summed E-state index contributed by atoms with van der Waals surface area (Å²) >= 11 is 7.33. The molecule has 0 radical (unpaired) electrons. The van der Waals surface area contributed by atoms with Crippen LogP contribution in [0.4, 0.5) is 5.69 Å². The molecular weight excluding hydrogens is 408 g/mol. The number of nitrogens with one attached hydrogen (secondary N) is 1. The van der Waals surface area contributed by atoms with Crippen LogP contribution >= 0.6 is 23.4 Å². The SMILES string of the molecule is COc1ccc(NC(=O)CSc2nccn3nc(-c4ccc(Cl)cc4)cc23)cc1. The maximum atomic E-state index is 12.3. The van der Waals surface area contributed by atoms with Crippen LogP contribution in [0.5, 0.6) is 5.75 Å². The summed E-state index contributed by atoms with van der Waals surface area (Å²) in [4.78, 5) is 16.7. The Morgan fingerprint density at radius 3 is 2.66 bits per heavy atom. The van der Waals surface area contributed by atoms with Crippen LogP contribution < -0.4 is 10.1 Å². The number of thioether (sulfide) groups is 1. The zero-order valence-corrected chi connectivity index (χ0v) is 17.1. The molecule has 0 bridgehead atoms. The molecule has 0 aliphatic rings. The van der Waals surface area contributed by atoms with Crippen LogP contribution in [-0.2, 0) is 4.79 Å². The highest BCUT2D eigenvalue weighted by Crippen LogP contribution is 2.27. The molecule has 0 aliphatic heterocycles. The minimum atomic E-state index is -0.110. The summed E-state index contributed by atoms with van der Waals surface area (Å²) in [5.41, 5.74) is 3.35. The lowest BCUT2D eigenvalue weighted by atomic mass is 10.1. The van der Waals surface area contributed by atoms with E-state index in [9.17, 15) is 4.79 Å². The number of benzene rings is 2. The first-order chi connectivity index (χ1) is 14.1. The molecule has 0 saturated carbocycles. The van der Waals surface area contributed by atoms with Gasteiger partial charge in [0.05, 0.1) is 24.1 Å². The zero-order valence-electron chi connectivity index (χ0n) is 15.5. The number of rotatable bonds is 6. The van der Waals surface area contributed by atoms with Gasteiger partial charge < -0.3 is 10.1 Å². The molecule has 0 unspecified atom stereocenters. The number of hydrogen-bond donors (Lipinski definition) is 1. The van der Waals surface area contributed by atoms with Crippen molar-refractivity contribution < 1.29 is 9.53 Å². The molecule has 2 aromatic carbocycles. The smallest absolute Gasteiger partial charge is 0.234 e. The largest absolute Gasteiger partial charge is 0.497 e. The number of carbonyl (C=O) groups is 1. The minimum absolute atomic E-state index is 0.110. The van der Waals surface area contributed by atoms with Crippen LogP contribution in [0.3, 0.4) is 0 Å². The fourth-order valence-corrected chi connectivity index (χ4v) is 3.68. The fraction of sp³-hybridized carbons (Fsp3) is 0.0952. The lowest BCUT2D eigenvalue weighted by Crippen LogP contribution is -2.14. The Balaban J connectivity index is 1.47. The van der Waals surface area contributed by atoms with Gasteiger partial charge in [0, 0.05) is 28.7 Å². The summed E-state index contributed by atoms with van der Waals surface area (Å²) in [7, 11) is 1.60.